The Bertz CT molecular complexity index is 1120. The van der Waals surface area contributed by atoms with Crippen molar-refractivity contribution in [1.29, 1.82) is 0 Å². The molecule has 0 N–H and O–H groups in total. The van der Waals surface area contributed by atoms with Gasteiger partial charge in [0.25, 0.3) is 0 Å². The molecule has 0 spiro atoms. The second-order valence-electron chi connectivity index (χ2n) is 7.30. The normalized spacial score (nSPS) is 16.3. The third kappa shape index (κ3) is 2.76. The van der Waals surface area contributed by atoms with Crippen molar-refractivity contribution in [3.63, 3.8) is 0 Å². The molecule has 1 unspecified atom stereocenters. The van der Waals surface area contributed by atoms with Crippen LogP contribution in [0.5, 0.6) is 5.75 Å². The summed E-state index contributed by atoms with van der Waals surface area (Å²) in [6.07, 6.45) is 1.08. The van der Waals surface area contributed by atoms with E-state index in [2.05, 4.69) is 6.92 Å². The molecule has 1 aliphatic heterocycles. The second kappa shape index (κ2) is 6.38. The summed E-state index contributed by atoms with van der Waals surface area (Å²) in [4.78, 5) is 25.3. The molecular weight excluding hydrogens is 340 g/mol. The first-order valence-electron chi connectivity index (χ1n) is 9.27. The molecule has 3 aromatic rings. The average Bonchev–Trinajstić information content (AvgIpc) is 2.65. The minimum absolute atomic E-state index is 0.138. The van der Waals surface area contributed by atoms with E-state index in [0.717, 1.165) is 34.1 Å². The molecule has 27 heavy (non-hydrogen) atoms. The number of carbonyl (C=O) groups is 1. The molecule has 0 aliphatic carbocycles. The topological polar surface area (TPSA) is 56.5 Å². The van der Waals surface area contributed by atoms with Crippen LogP contribution in [0.4, 0.5) is 0 Å². The molecule has 0 fully saturated rings. The van der Waals surface area contributed by atoms with Crippen LogP contribution in [0, 0.1) is 20.8 Å². The molecule has 0 saturated heterocycles. The molecule has 2 aromatic carbocycles. The number of benzene rings is 2. The summed E-state index contributed by atoms with van der Waals surface area (Å²) >= 11 is 0. The quantitative estimate of drug-likeness (QED) is 0.489. The van der Waals surface area contributed by atoms with Crippen molar-refractivity contribution < 1.29 is 13.9 Å². The van der Waals surface area contributed by atoms with Crippen LogP contribution < -0.4 is 10.4 Å². The first-order chi connectivity index (χ1) is 12.9. The zero-order chi connectivity index (χ0) is 19.3. The van der Waals surface area contributed by atoms with E-state index in [0.29, 0.717) is 16.9 Å². The maximum atomic E-state index is 12.9. The standard InChI is InChI=1S/C23H22O4/c1-5-15-6-8-16(9-7-15)17-11-18(24)26-22-19-13(3)10-12(2)14(4)21(19)27-23(25)20(17)22/h6-10,17H,5,11H2,1-4H3. The van der Waals surface area contributed by atoms with Crippen molar-refractivity contribution in [2.75, 3.05) is 0 Å². The number of aryl methyl sites for hydroxylation is 4. The number of hydrogen-bond acceptors (Lipinski definition) is 4. The van der Waals surface area contributed by atoms with E-state index in [1.807, 2.05) is 51.1 Å². The maximum Gasteiger partial charge on any atom is 0.343 e. The highest BCUT2D eigenvalue weighted by atomic mass is 16.5. The molecule has 0 radical (unpaired) electrons. The molecule has 138 valence electrons. The Morgan fingerprint density at radius 3 is 2.41 bits per heavy atom. The van der Waals surface area contributed by atoms with Gasteiger partial charge in [-0.3, -0.25) is 4.79 Å². The monoisotopic (exact) mass is 362 g/mol. The zero-order valence-corrected chi connectivity index (χ0v) is 16.0. The lowest BCUT2D eigenvalue weighted by molar-refractivity contribution is -0.135. The fraction of sp³-hybridized carbons (Fsp3) is 0.304. The van der Waals surface area contributed by atoms with E-state index >= 15 is 0 Å². The summed E-state index contributed by atoms with van der Waals surface area (Å²) in [6.45, 7) is 7.93. The first-order valence-corrected chi connectivity index (χ1v) is 9.27. The largest absolute Gasteiger partial charge is 0.425 e. The Kier molecular flexibility index (Phi) is 4.14. The highest BCUT2D eigenvalue weighted by Crippen LogP contribution is 2.42. The molecule has 4 heteroatoms. The van der Waals surface area contributed by atoms with Crippen LogP contribution in [0.1, 0.15) is 52.6 Å². The molecule has 0 amide bonds. The molecule has 4 nitrogen and oxygen atoms in total. The number of rotatable bonds is 2. The van der Waals surface area contributed by atoms with Crippen LogP contribution in [0.2, 0.25) is 0 Å². The second-order valence-corrected chi connectivity index (χ2v) is 7.30. The lowest BCUT2D eigenvalue weighted by Gasteiger charge is -2.25. The first kappa shape index (κ1) is 17.5. The number of ether oxygens (including phenoxy) is 1. The van der Waals surface area contributed by atoms with Crippen molar-refractivity contribution >= 4 is 16.9 Å². The number of carbonyl (C=O) groups excluding carboxylic acids is 1. The minimum atomic E-state index is -0.428. The Morgan fingerprint density at radius 2 is 1.74 bits per heavy atom. The van der Waals surface area contributed by atoms with Gasteiger partial charge in [-0.05, 0) is 55.0 Å². The molecule has 0 saturated carbocycles. The number of esters is 1. The highest BCUT2D eigenvalue weighted by molar-refractivity contribution is 5.94. The van der Waals surface area contributed by atoms with Crippen molar-refractivity contribution in [1.82, 2.24) is 0 Å². The Labute approximate surface area is 157 Å². The van der Waals surface area contributed by atoms with E-state index in [1.54, 1.807) is 0 Å². The predicted octanol–water partition coefficient (Wildman–Crippen LogP) is 4.72. The summed E-state index contributed by atoms with van der Waals surface area (Å²) in [5, 5.41) is 0.718. The molecule has 1 atom stereocenters. The molecule has 4 rings (SSSR count). The third-order valence-corrected chi connectivity index (χ3v) is 5.60. The van der Waals surface area contributed by atoms with Crippen LogP contribution in [0.25, 0.3) is 11.0 Å². The van der Waals surface area contributed by atoms with Crippen LogP contribution in [0.15, 0.2) is 39.5 Å². The van der Waals surface area contributed by atoms with Crippen LogP contribution in [0.3, 0.4) is 0 Å². The van der Waals surface area contributed by atoms with Crippen LogP contribution >= 0.6 is 0 Å². The summed E-state index contributed by atoms with van der Waals surface area (Å²) in [7, 11) is 0. The summed E-state index contributed by atoms with van der Waals surface area (Å²) in [5.74, 6) is -0.312. The Hall–Kier alpha value is -2.88. The summed E-state index contributed by atoms with van der Waals surface area (Å²) in [6, 6.07) is 10.1. The van der Waals surface area contributed by atoms with E-state index in [4.69, 9.17) is 9.15 Å². The maximum absolute atomic E-state index is 12.9. The van der Waals surface area contributed by atoms with Gasteiger partial charge in [0.05, 0.1) is 17.4 Å². The molecule has 0 bridgehead atoms. The minimum Gasteiger partial charge on any atom is -0.425 e. The van der Waals surface area contributed by atoms with Crippen molar-refractivity contribution in [2.45, 2.75) is 46.5 Å². The molecule has 2 heterocycles. The van der Waals surface area contributed by atoms with Crippen LogP contribution in [-0.2, 0) is 11.2 Å². The van der Waals surface area contributed by atoms with E-state index in [-0.39, 0.29) is 18.3 Å². The van der Waals surface area contributed by atoms with Gasteiger partial charge < -0.3 is 9.15 Å². The zero-order valence-electron chi connectivity index (χ0n) is 16.0. The fourth-order valence-electron chi connectivity index (χ4n) is 3.94. The molecule has 1 aromatic heterocycles. The number of hydrogen-bond donors (Lipinski definition) is 0. The summed E-state index contributed by atoms with van der Waals surface area (Å²) in [5.41, 5.74) is 5.52. The van der Waals surface area contributed by atoms with Crippen molar-refractivity contribution in [3.05, 3.63) is 74.1 Å². The van der Waals surface area contributed by atoms with Gasteiger partial charge in [0.2, 0.25) is 0 Å². The molecule has 1 aliphatic rings. The lowest BCUT2D eigenvalue weighted by Crippen LogP contribution is -2.27. The highest BCUT2D eigenvalue weighted by Gasteiger charge is 2.34. The fourth-order valence-corrected chi connectivity index (χ4v) is 3.94. The smallest absolute Gasteiger partial charge is 0.343 e. The Morgan fingerprint density at radius 1 is 1.04 bits per heavy atom. The van der Waals surface area contributed by atoms with E-state index in [1.165, 1.54) is 5.56 Å². The SMILES string of the molecule is CCc1ccc(C2CC(=O)Oc3c2c(=O)oc2c(C)c(C)cc(C)c32)cc1. The Balaban J connectivity index is 2.02. The van der Waals surface area contributed by atoms with Gasteiger partial charge >= 0.3 is 11.6 Å². The number of fused-ring (bicyclic) bond motifs is 3. The van der Waals surface area contributed by atoms with Gasteiger partial charge in [0, 0.05) is 5.92 Å². The third-order valence-electron chi connectivity index (χ3n) is 5.60. The van der Waals surface area contributed by atoms with Gasteiger partial charge in [-0.25, -0.2) is 4.79 Å². The van der Waals surface area contributed by atoms with Gasteiger partial charge in [-0.1, -0.05) is 37.3 Å². The molecular formula is C23H22O4. The van der Waals surface area contributed by atoms with Crippen molar-refractivity contribution in [2.24, 2.45) is 0 Å². The lowest BCUT2D eigenvalue weighted by atomic mass is 9.85. The van der Waals surface area contributed by atoms with Crippen LogP contribution in [-0.4, -0.2) is 5.97 Å². The summed E-state index contributed by atoms with van der Waals surface area (Å²) < 4.78 is 11.3. The van der Waals surface area contributed by atoms with E-state index in [9.17, 15) is 9.59 Å². The predicted molar refractivity (Wildman–Crippen MR) is 105 cm³/mol. The van der Waals surface area contributed by atoms with Gasteiger partial charge in [0.1, 0.15) is 5.58 Å². The van der Waals surface area contributed by atoms with Gasteiger partial charge in [-0.2, -0.15) is 0 Å². The van der Waals surface area contributed by atoms with Gasteiger partial charge in [-0.15, -0.1) is 0 Å². The average molecular weight is 362 g/mol. The van der Waals surface area contributed by atoms with E-state index < -0.39 is 5.63 Å². The van der Waals surface area contributed by atoms with Gasteiger partial charge in [0.15, 0.2) is 5.75 Å². The van der Waals surface area contributed by atoms with Crippen molar-refractivity contribution in [3.8, 4) is 5.75 Å².